The highest BCUT2D eigenvalue weighted by molar-refractivity contribution is 7.87. The average molecular weight is 235 g/mol. The molecule has 0 aromatic rings. The molecule has 1 aliphatic heterocycles. The summed E-state index contributed by atoms with van der Waals surface area (Å²) in [6, 6.07) is 0.0103. The van der Waals surface area contributed by atoms with Gasteiger partial charge in [-0.05, 0) is 38.8 Å². The van der Waals surface area contributed by atoms with Crippen molar-refractivity contribution in [1.82, 2.24) is 14.8 Å². The normalized spacial score (nSPS) is 21.5. The van der Waals surface area contributed by atoms with Gasteiger partial charge in [0.2, 0.25) is 0 Å². The van der Waals surface area contributed by atoms with Gasteiger partial charge in [0.05, 0.1) is 0 Å². The summed E-state index contributed by atoms with van der Waals surface area (Å²) in [4.78, 5) is 0. The molecule has 0 bridgehead atoms. The smallest absolute Gasteiger partial charge is 0.277 e. The molecule has 3 N–H and O–H groups in total. The van der Waals surface area contributed by atoms with Gasteiger partial charge in [0.15, 0.2) is 0 Å². The number of rotatable bonds is 5. The highest BCUT2D eigenvalue weighted by atomic mass is 32.2. The lowest BCUT2D eigenvalue weighted by Gasteiger charge is -2.28. The van der Waals surface area contributed by atoms with Gasteiger partial charge in [0.25, 0.3) is 10.2 Å². The lowest BCUT2D eigenvalue weighted by atomic mass is 9.92. The van der Waals surface area contributed by atoms with E-state index < -0.39 is 10.2 Å². The summed E-state index contributed by atoms with van der Waals surface area (Å²) >= 11 is 0. The molecule has 0 aromatic heterocycles. The number of hydrogen-bond donors (Lipinski definition) is 3. The molecule has 6 heteroatoms. The average Bonchev–Trinajstić information content (AvgIpc) is 2.18. The summed E-state index contributed by atoms with van der Waals surface area (Å²) in [5.41, 5.74) is 0. The summed E-state index contributed by atoms with van der Waals surface area (Å²) in [5.74, 6) is 0.444. The fraction of sp³-hybridized carbons (Fsp3) is 1.00. The fourth-order valence-corrected chi connectivity index (χ4v) is 3.06. The van der Waals surface area contributed by atoms with Crippen LogP contribution in [0.15, 0.2) is 0 Å². The summed E-state index contributed by atoms with van der Waals surface area (Å²) in [6.07, 6.45) is 2.08. The maximum atomic E-state index is 11.4. The Morgan fingerprint density at radius 1 is 1.40 bits per heavy atom. The highest BCUT2D eigenvalue weighted by Gasteiger charge is 2.23. The number of piperidine rings is 1. The third-order valence-electron chi connectivity index (χ3n) is 2.77. The van der Waals surface area contributed by atoms with E-state index in [4.69, 9.17) is 0 Å². The van der Waals surface area contributed by atoms with Crippen LogP contribution in [-0.2, 0) is 10.2 Å². The van der Waals surface area contributed by atoms with Crippen LogP contribution in [0.2, 0.25) is 0 Å². The first-order valence-electron chi connectivity index (χ1n) is 5.53. The molecule has 90 valence electrons. The van der Waals surface area contributed by atoms with Crippen LogP contribution in [-0.4, -0.2) is 34.1 Å². The first kappa shape index (κ1) is 12.9. The second-order valence-electron chi connectivity index (χ2n) is 4.00. The SMILES string of the molecule is CCNS(=O)(=O)NC(C)C1CCNCC1. The van der Waals surface area contributed by atoms with Crippen LogP contribution in [0, 0.1) is 5.92 Å². The summed E-state index contributed by atoms with van der Waals surface area (Å²) < 4.78 is 28.0. The van der Waals surface area contributed by atoms with Gasteiger partial charge in [-0.2, -0.15) is 13.1 Å². The van der Waals surface area contributed by atoms with E-state index in [0.717, 1.165) is 25.9 Å². The molecule has 1 unspecified atom stereocenters. The molecule has 1 fully saturated rings. The van der Waals surface area contributed by atoms with Crippen molar-refractivity contribution in [3.05, 3.63) is 0 Å². The predicted octanol–water partition coefficient (Wildman–Crippen LogP) is -0.182. The Kier molecular flexibility index (Phi) is 4.98. The van der Waals surface area contributed by atoms with Crippen LogP contribution < -0.4 is 14.8 Å². The van der Waals surface area contributed by atoms with Crippen molar-refractivity contribution in [3.8, 4) is 0 Å². The van der Waals surface area contributed by atoms with Crippen molar-refractivity contribution in [2.45, 2.75) is 32.7 Å². The first-order valence-corrected chi connectivity index (χ1v) is 7.01. The van der Waals surface area contributed by atoms with Gasteiger partial charge in [-0.1, -0.05) is 6.92 Å². The van der Waals surface area contributed by atoms with Gasteiger partial charge in [0, 0.05) is 12.6 Å². The molecule has 1 saturated heterocycles. The van der Waals surface area contributed by atoms with Gasteiger partial charge in [-0.25, -0.2) is 4.72 Å². The Morgan fingerprint density at radius 3 is 2.53 bits per heavy atom. The molecular weight excluding hydrogens is 214 g/mol. The van der Waals surface area contributed by atoms with Gasteiger partial charge in [-0.3, -0.25) is 0 Å². The molecule has 5 nitrogen and oxygen atoms in total. The number of hydrogen-bond acceptors (Lipinski definition) is 3. The zero-order valence-electron chi connectivity index (χ0n) is 9.41. The molecule has 0 amide bonds. The molecule has 1 rings (SSSR count). The molecule has 0 saturated carbocycles. The topological polar surface area (TPSA) is 70.2 Å². The standard InChI is InChI=1S/C9H21N3O2S/c1-3-11-15(13,14)12-8(2)9-4-6-10-7-5-9/h8-12H,3-7H2,1-2H3. The second-order valence-corrected chi connectivity index (χ2v) is 5.53. The van der Waals surface area contributed by atoms with E-state index in [1.54, 1.807) is 6.92 Å². The van der Waals surface area contributed by atoms with Crippen molar-refractivity contribution in [2.75, 3.05) is 19.6 Å². The van der Waals surface area contributed by atoms with Crippen LogP contribution in [0.5, 0.6) is 0 Å². The summed E-state index contributed by atoms with van der Waals surface area (Å²) in [6.45, 7) is 6.10. The molecular formula is C9H21N3O2S. The lowest BCUT2D eigenvalue weighted by Crippen LogP contribution is -2.46. The monoisotopic (exact) mass is 235 g/mol. The van der Waals surface area contributed by atoms with Crippen LogP contribution in [0.25, 0.3) is 0 Å². The van der Waals surface area contributed by atoms with Crippen LogP contribution in [0.4, 0.5) is 0 Å². The van der Waals surface area contributed by atoms with E-state index in [1.165, 1.54) is 0 Å². The summed E-state index contributed by atoms with van der Waals surface area (Å²) in [7, 11) is -3.30. The lowest BCUT2D eigenvalue weighted by molar-refractivity contribution is 0.315. The number of nitrogens with one attached hydrogen (secondary N) is 3. The molecule has 0 aromatic carbocycles. The highest BCUT2D eigenvalue weighted by Crippen LogP contribution is 2.16. The quantitative estimate of drug-likeness (QED) is 0.619. The van der Waals surface area contributed by atoms with E-state index in [-0.39, 0.29) is 6.04 Å². The molecule has 1 atom stereocenters. The molecule has 0 radical (unpaired) electrons. The zero-order valence-corrected chi connectivity index (χ0v) is 10.2. The Morgan fingerprint density at radius 2 is 2.00 bits per heavy atom. The maximum Gasteiger partial charge on any atom is 0.277 e. The zero-order chi connectivity index (χ0) is 11.3. The molecule has 0 aliphatic carbocycles. The van der Waals surface area contributed by atoms with Crippen molar-refractivity contribution >= 4 is 10.2 Å². The predicted molar refractivity (Wildman–Crippen MR) is 60.8 cm³/mol. The van der Waals surface area contributed by atoms with E-state index >= 15 is 0 Å². The van der Waals surface area contributed by atoms with Gasteiger partial charge in [0.1, 0.15) is 0 Å². The Hall–Kier alpha value is -0.170. The van der Waals surface area contributed by atoms with Crippen molar-refractivity contribution in [1.29, 1.82) is 0 Å². The Labute approximate surface area is 92.2 Å². The second kappa shape index (κ2) is 5.79. The first-order chi connectivity index (χ1) is 7.05. The largest absolute Gasteiger partial charge is 0.317 e. The van der Waals surface area contributed by atoms with Crippen molar-refractivity contribution in [2.24, 2.45) is 5.92 Å². The molecule has 0 spiro atoms. The van der Waals surface area contributed by atoms with Gasteiger partial charge >= 0.3 is 0 Å². The summed E-state index contributed by atoms with van der Waals surface area (Å²) in [5, 5.41) is 3.26. The minimum absolute atomic E-state index is 0.0103. The van der Waals surface area contributed by atoms with Gasteiger partial charge in [-0.15, -0.1) is 0 Å². The van der Waals surface area contributed by atoms with Crippen LogP contribution in [0.1, 0.15) is 26.7 Å². The molecule has 15 heavy (non-hydrogen) atoms. The van der Waals surface area contributed by atoms with E-state index in [9.17, 15) is 8.42 Å². The third kappa shape index (κ3) is 4.46. The van der Waals surface area contributed by atoms with Crippen molar-refractivity contribution < 1.29 is 8.42 Å². The van der Waals surface area contributed by atoms with Gasteiger partial charge < -0.3 is 5.32 Å². The Bertz CT molecular complexity index is 273. The Balaban J connectivity index is 2.43. The van der Waals surface area contributed by atoms with E-state index in [1.807, 2.05) is 6.92 Å². The molecule has 1 aliphatic rings. The molecule has 1 heterocycles. The van der Waals surface area contributed by atoms with E-state index in [0.29, 0.717) is 12.5 Å². The van der Waals surface area contributed by atoms with Crippen LogP contribution in [0.3, 0.4) is 0 Å². The van der Waals surface area contributed by atoms with Crippen molar-refractivity contribution in [3.63, 3.8) is 0 Å². The third-order valence-corrected chi connectivity index (χ3v) is 4.12. The fourth-order valence-electron chi connectivity index (χ4n) is 1.92. The van der Waals surface area contributed by atoms with Crippen LogP contribution >= 0.6 is 0 Å². The van der Waals surface area contributed by atoms with E-state index in [2.05, 4.69) is 14.8 Å². The minimum Gasteiger partial charge on any atom is -0.317 e. The minimum atomic E-state index is -3.30. The maximum absolute atomic E-state index is 11.4.